The van der Waals surface area contributed by atoms with Crippen LogP contribution in [0.25, 0.3) is 0 Å². The van der Waals surface area contributed by atoms with Gasteiger partial charge in [0.1, 0.15) is 12.4 Å². The van der Waals surface area contributed by atoms with Gasteiger partial charge in [0.05, 0.1) is 19.1 Å². The molecule has 0 aliphatic heterocycles. The molecule has 0 aliphatic carbocycles. The number of hydrogen-bond donors (Lipinski definition) is 2. The van der Waals surface area contributed by atoms with Gasteiger partial charge in [0, 0.05) is 7.05 Å². The molecule has 6 heteroatoms. The monoisotopic (exact) mass is 321 g/mol. The van der Waals surface area contributed by atoms with Crippen LogP contribution in [-0.4, -0.2) is 49.5 Å². The minimum Gasteiger partial charge on any atom is -0.491 e. The summed E-state index contributed by atoms with van der Waals surface area (Å²) in [6.45, 7) is 6.48. The van der Waals surface area contributed by atoms with E-state index in [4.69, 9.17) is 10.5 Å². The van der Waals surface area contributed by atoms with E-state index in [0.29, 0.717) is 13.2 Å². The average Bonchev–Trinajstić information content (AvgIpc) is 2.52. The van der Waals surface area contributed by atoms with Crippen LogP contribution < -0.4 is 15.8 Å². The van der Waals surface area contributed by atoms with E-state index in [1.54, 1.807) is 7.05 Å². The number of amides is 2. The number of benzene rings is 1. The van der Waals surface area contributed by atoms with Crippen LogP contribution in [0.5, 0.6) is 5.75 Å². The van der Waals surface area contributed by atoms with Crippen LogP contribution in [-0.2, 0) is 9.59 Å². The number of likely N-dealkylation sites (N-methyl/N-ethyl adjacent to an activating group) is 1. The Labute approximate surface area is 138 Å². The molecule has 0 heterocycles. The summed E-state index contributed by atoms with van der Waals surface area (Å²) in [6, 6.07) is 7.12. The fraction of sp³-hybridized carbons (Fsp3) is 0.529. The molecule has 1 rings (SSSR count). The smallest absolute Gasteiger partial charge is 0.241 e. The number of nitrogens with one attached hydrogen (secondary N) is 1. The lowest BCUT2D eigenvalue weighted by atomic mass is 10.1. The minimum absolute atomic E-state index is 0.0327. The Bertz CT molecular complexity index is 532. The van der Waals surface area contributed by atoms with Crippen molar-refractivity contribution in [3.63, 3.8) is 0 Å². The van der Waals surface area contributed by atoms with Crippen LogP contribution in [0.15, 0.2) is 24.3 Å². The van der Waals surface area contributed by atoms with Crippen LogP contribution in [0, 0.1) is 12.8 Å². The van der Waals surface area contributed by atoms with Crippen molar-refractivity contribution in [2.45, 2.75) is 26.8 Å². The molecule has 1 atom stereocenters. The third-order valence-corrected chi connectivity index (χ3v) is 3.64. The predicted octanol–water partition coefficient (Wildman–Crippen LogP) is 0.932. The maximum Gasteiger partial charge on any atom is 0.241 e. The largest absolute Gasteiger partial charge is 0.491 e. The van der Waals surface area contributed by atoms with E-state index in [2.05, 4.69) is 5.32 Å². The van der Waals surface area contributed by atoms with Gasteiger partial charge in [0.25, 0.3) is 0 Å². The predicted molar refractivity (Wildman–Crippen MR) is 90.1 cm³/mol. The molecule has 0 radical (unpaired) electrons. The van der Waals surface area contributed by atoms with Crippen molar-refractivity contribution in [3.8, 4) is 5.75 Å². The van der Waals surface area contributed by atoms with E-state index < -0.39 is 6.04 Å². The first-order chi connectivity index (χ1) is 10.8. The molecule has 0 spiro atoms. The molecule has 2 amide bonds. The van der Waals surface area contributed by atoms with Crippen LogP contribution in [0.2, 0.25) is 0 Å². The first-order valence-electron chi connectivity index (χ1n) is 7.78. The second kappa shape index (κ2) is 9.15. The fourth-order valence-corrected chi connectivity index (χ4v) is 1.85. The standard InChI is InChI=1S/C17H27N3O3/c1-12(2)16(18)17(22)19-11-15(21)20(4)9-10-23-14-8-6-5-7-13(14)3/h5-8,12,16H,9-11,18H2,1-4H3,(H,19,22)/t16-/m0/s1. The van der Waals surface area contributed by atoms with Gasteiger partial charge in [-0.1, -0.05) is 32.0 Å². The molecule has 3 N–H and O–H groups in total. The highest BCUT2D eigenvalue weighted by molar-refractivity contribution is 5.87. The van der Waals surface area contributed by atoms with Crippen molar-refractivity contribution in [2.75, 3.05) is 26.7 Å². The van der Waals surface area contributed by atoms with Crippen molar-refractivity contribution in [3.05, 3.63) is 29.8 Å². The number of aryl methyl sites for hydroxylation is 1. The maximum absolute atomic E-state index is 12.0. The molecular formula is C17H27N3O3. The molecule has 0 saturated heterocycles. The Morgan fingerprint density at radius 1 is 1.30 bits per heavy atom. The SMILES string of the molecule is Cc1ccccc1OCCN(C)C(=O)CNC(=O)[C@@H](N)C(C)C. The summed E-state index contributed by atoms with van der Waals surface area (Å²) >= 11 is 0. The Morgan fingerprint density at radius 3 is 2.57 bits per heavy atom. The Balaban J connectivity index is 2.32. The summed E-state index contributed by atoms with van der Waals surface area (Å²) in [5.41, 5.74) is 6.78. The number of para-hydroxylation sites is 1. The van der Waals surface area contributed by atoms with Crippen molar-refractivity contribution in [1.29, 1.82) is 0 Å². The van der Waals surface area contributed by atoms with E-state index in [0.717, 1.165) is 11.3 Å². The highest BCUT2D eigenvalue weighted by atomic mass is 16.5. The highest BCUT2D eigenvalue weighted by Crippen LogP contribution is 2.15. The number of ether oxygens (including phenoxy) is 1. The molecule has 1 aromatic carbocycles. The second-order valence-corrected chi connectivity index (χ2v) is 5.92. The van der Waals surface area contributed by atoms with Gasteiger partial charge in [-0.05, 0) is 24.5 Å². The zero-order valence-electron chi connectivity index (χ0n) is 14.3. The van der Waals surface area contributed by atoms with Gasteiger partial charge in [-0.3, -0.25) is 9.59 Å². The summed E-state index contributed by atoms with van der Waals surface area (Å²) in [5, 5.41) is 2.57. The molecule has 6 nitrogen and oxygen atoms in total. The molecule has 0 unspecified atom stereocenters. The molecule has 0 aliphatic rings. The highest BCUT2D eigenvalue weighted by Gasteiger charge is 2.18. The van der Waals surface area contributed by atoms with Crippen molar-refractivity contribution >= 4 is 11.8 Å². The number of nitrogens with two attached hydrogens (primary N) is 1. The van der Waals surface area contributed by atoms with E-state index >= 15 is 0 Å². The summed E-state index contributed by atoms with van der Waals surface area (Å²) in [5.74, 6) is 0.357. The normalized spacial score (nSPS) is 11.9. The van der Waals surface area contributed by atoms with Crippen molar-refractivity contribution < 1.29 is 14.3 Å². The number of nitrogens with zero attached hydrogens (tertiary/aromatic N) is 1. The second-order valence-electron chi connectivity index (χ2n) is 5.92. The molecule has 0 aromatic heterocycles. The van der Waals surface area contributed by atoms with Crippen LogP contribution in [0.3, 0.4) is 0 Å². The molecule has 0 saturated carbocycles. The minimum atomic E-state index is -0.600. The summed E-state index contributed by atoms with van der Waals surface area (Å²) < 4.78 is 5.65. The van der Waals surface area contributed by atoms with E-state index in [9.17, 15) is 9.59 Å². The summed E-state index contributed by atoms with van der Waals surface area (Å²) in [6.07, 6.45) is 0. The lowest BCUT2D eigenvalue weighted by Gasteiger charge is -2.20. The maximum atomic E-state index is 12.0. The molecular weight excluding hydrogens is 294 g/mol. The number of carbonyl (C=O) groups is 2. The van der Waals surface area contributed by atoms with Gasteiger partial charge in [-0.2, -0.15) is 0 Å². The van der Waals surface area contributed by atoms with E-state index in [1.165, 1.54) is 4.90 Å². The van der Waals surface area contributed by atoms with Gasteiger partial charge in [0.2, 0.25) is 11.8 Å². The quantitative estimate of drug-likeness (QED) is 0.746. The number of hydrogen-bond acceptors (Lipinski definition) is 4. The van der Waals surface area contributed by atoms with Crippen molar-refractivity contribution in [1.82, 2.24) is 10.2 Å². The fourth-order valence-electron chi connectivity index (χ4n) is 1.85. The summed E-state index contributed by atoms with van der Waals surface area (Å²) in [7, 11) is 1.68. The van der Waals surface area contributed by atoms with Crippen LogP contribution in [0.1, 0.15) is 19.4 Å². The number of rotatable bonds is 8. The van der Waals surface area contributed by atoms with Gasteiger partial charge in [-0.15, -0.1) is 0 Å². The van der Waals surface area contributed by atoms with Crippen LogP contribution in [0.4, 0.5) is 0 Å². The lowest BCUT2D eigenvalue weighted by Crippen LogP contribution is -2.47. The first kappa shape index (κ1) is 19.0. The molecule has 1 aromatic rings. The number of carbonyl (C=O) groups excluding carboxylic acids is 2. The summed E-state index contributed by atoms with van der Waals surface area (Å²) in [4.78, 5) is 25.2. The Kier molecular flexibility index (Phi) is 7.54. The van der Waals surface area contributed by atoms with Crippen LogP contribution >= 0.6 is 0 Å². The topological polar surface area (TPSA) is 84.7 Å². The van der Waals surface area contributed by atoms with Gasteiger partial charge < -0.3 is 20.7 Å². The van der Waals surface area contributed by atoms with Crippen molar-refractivity contribution in [2.24, 2.45) is 11.7 Å². The average molecular weight is 321 g/mol. The third-order valence-electron chi connectivity index (χ3n) is 3.64. The lowest BCUT2D eigenvalue weighted by molar-refractivity contribution is -0.132. The Hall–Kier alpha value is -2.08. The first-order valence-corrected chi connectivity index (χ1v) is 7.78. The van der Waals surface area contributed by atoms with Gasteiger partial charge in [-0.25, -0.2) is 0 Å². The third kappa shape index (κ3) is 6.28. The van der Waals surface area contributed by atoms with Gasteiger partial charge >= 0.3 is 0 Å². The van der Waals surface area contributed by atoms with E-state index in [1.807, 2.05) is 45.0 Å². The molecule has 23 heavy (non-hydrogen) atoms. The molecule has 0 fully saturated rings. The van der Waals surface area contributed by atoms with Gasteiger partial charge in [0.15, 0.2) is 0 Å². The van der Waals surface area contributed by atoms with E-state index in [-0.39, 0.29) is 24.3 Å². The Morgan fingerprint density at radius 2 is 1.96 bits per heavy atom. The molecule has 0 bridgehead atoms. The molecule has 128 valence electrons. The zero-order chi connectivity index (χ0) is 17.4. The zero-order valence-corrected chi connectivity index (χ0v) is 14.3.